The summed E-state index contributed by atoms with van der Waals surface area (Å²) in [5, 5.41) is 5.94. The summed E-state index contributed by atoms with van der Waals surface area (Å²) in [6.45, 7) is 3.43. The third kappa shape index (κ3) is 5.82. The van der Waals surface area contributed by atoms with Gasteiger partial charge in [-0.1, -0.05) is 42.5 Å². The van der Waals surface area contributed by atoms with Crippen molar-refractivity contribution >= 4 is 17.4 Å². The Labute approximate surface area is 163 Å². The lowest BCUT2D eigenvalue weighted by molar-refractivity contribution is 0.206. The molecule has 1 N–H and O–H groups in total. The Balaban J connectivity index is 1.49. The molecule has 6 heteroatoms. The number of hydrogen-bond acceptors (Lipinski definition) is 4. The molecule has 2 aromatic carbocycles. The molecule has 0 bridgehead atoms. The molecule has 3 rings (SSSR count). The Hall–Kier alpha value is -2.86. The Kier molecular flexibility index (Phi) is 6.44. The molecule has 0 aliphatic carbocycles. The molecule has 0 fully saturated rings. The van der Waals surface area contributed by atoms with E-state index in [-0.39, 0.29) is 6.03 Å². The molecule has 0 unspecified atom stereocenters. The predicted octanol–water partition coefficient (Wildman–Crippen LogP) is 4.37. The van der Waals surface area contributed by atoms with E-state index in [0.717, 1.165) is 27.6 Å². The minimum absolute atomic E-state index is 0.119. The molecular weight excluding hydrogens is 358 g/mol. The highest BCUT2D eigenvalue weighted by atomic mass is 32.1. The summed E-state index contributed by atoms with van der Waals surface area (Å²) in [4.78, 5) is 18.3. The van der Waals surface area contributed by atoms with Crippen molar-refractivity contribution in [2.45, 2.75) is 26.6 Å². The monoisotopic (exact) mass is 381 g/mol. The van der Waals surface area contributed by atoms with Crippen molar-refractivity contribution in [3.63, 3.8) is 0 Å². The van der Waals surface area contributed by atoms with Gasteiger partial charge in [0.05, 0.1) is 17.2 Å². The summed E-state index contributed by atoms with van der Waals surface area (Å²) >= 11 is 1.59. The molecule has 27 heavy (non-hydrogen) atoms. The van der Waals surface area contributed by atoms with E-state index in [4.69, 9.17) is 4.74 Å². The summed E-state index contributed by atoms with van der Waals surface area (Å²) in [6.07, 6.45) is 0. The highest BCUT2D eigenvalue weighted by molar-refractivity contribution is 7.09. The average Bonchev–Trinajstić information content (AvgIpc) is 3.10. The van der Waals surface area contributed by atoms with Crippen LogP contribution >= 0.6 is 11.3 Å². The van der Waals surface area contributed by atoms with E-state index in [0.29, 0.717) is 19.7 Å². The number of urea groups is 1. The van der Waals surface area contributed by atoms with Crippen LogP contribution in [0.3, 0.4) is 0 Å². The van der Waals surface area contributed by atoms with Crippen molar-refractivity contribution in [3.8, 4) is 5.75 Å². The Morgan fingerprint density at radius 2 is 1.93 bits per heavy atom. The number of aryl methyl sites for hydroxylation is 1. The summed E-state index contributed by atoms with van der Waals surface area (Å²) in [6, 6.07) is 17.7. The van der Waals surface area contributed by atoms with E-state index in [9.17, 15) is 4.79 Å². The molecule has 0 saturated carbocycles. The Morgan fingerprint density at radius 3 is 2.67 bits per heavy atom. The van der Waals surface area contributed by atoms with Crippen LogP contribution in [0.4, 0.5) is 4.79 Å². The summed E-state index contributed by atoms with van der Waals surface area (Å²) in [5.41, 5.74) is 3.02. The van der Waals surface area contributed by atoms with Gasteiger partial charge in [0.25, 0.3) is 0 Å². The van der Waals surface area contributed by atoms with Gasteiger partial charge in [0.15, 0.2) is 0 Å². The molecule has 0 aliphatic heterocycles. The first-order chi connectivity index (χ1) is 13.1. The molecule has 140 valence electrons. The lowest BCUT2D eigenvalue weighted by atomic mass is 10.1. The minimum atomic E-state index is -0.119. The summed E-state index contributed by atoms with van der Waals surface area (Å²) in [7, 11) is 1.77. The van der Waals surface area contributed by atoms with E-state index in [1.54, 1.807) is 23.3 Å². The number of nitrogens with one attached hydrogen (secondary N) is 1. The Morgan fingerprint density at radius 1 is 1.15 bits per heavy atom. The topological polar surface area (TPSA) is 54.5 Å². The summed E-state index contributed by atoms with van der Waals surface area (Å²) < 4.78 is 5.78. The predicted molar refractivity (Wildman–Crippen MR) is 108 cm³/mol. The third-order valence-electron chi connectivity index (χ3n) is 4.00. The maximum absolute atomic E-state index is 12.3. The van der Waals surface area contributed by atoms with Crippen LogP contribution in [0, 0.1) is 6.92 Å². The van der Waals surface area contributed by atoms with Gasteiger partial charge in [-0.15, -0.1) is 11.3 Å². The van der Waals surface area contributed by atoms with E-state index in [2.05, 4.69) is 10.3 Å². The Bertz CT molecular complexity index is 880. The molecule has 0 saturated heterocycles. The van der Waals surface area contributed by atoms with Crippen LogP contribution in [0.2, 0.25) is 0 Å². The van der Waals surface area contributed by atoms with Crippen LogP contribution in [-0.4, -0.2) is 23.0 Å². The van der Waals surface area contributed by atoms with Gasteiger partial charge in [0.1, 0.15) is 12.4 Å². The maximum Gasteiger partial charge on any atom is 0.317 e. The number of rotatable bonds is 7. The highest BCUT2D eigenvalue weighted by Gasteiger charge is 2.10. The number of carbonyl (C=O) groups is 1. The molecule has 1 heterocycles. The fourth-order valence-corrected chi connectivity index (χ4v) is 3.22. The quantitative estimate of drug-likeness (QED) is 0.661. The normalized spacial score (nSPS) is 10.4. The van der Waals surface area contributed by atoms with Gasteiger partial charge >= 0.3 is 6.03 Å². The van der Waals surface area contributed by atoms with Crippen LogP contribution in [-0.2, 0) is 19.7 Å². The standard InChI is InChI=1S/C21H23N3O2S/c1-16-23-19(15-27-16)13-24(2)21(25)22-12-17-7-6-8-18(11-17)14-26-20-9-4-3-5-10-20/h3-11,15H,12-14H2,1-2H3,(H,22,25). The number of para-hydroxylation sites is 1. The first-order valence-corrected chi connectivity index (χ1v) is 9.64. The first kappa shape index (κ1) is 18.9. The molecule has 0 radical (unpaired) electrons. The van der Waals surface area contributed by atoms with Gasteiger partial charge in [0, 0.05) is 19.0 Å². The largest absolute Gasteiger partial charge is 0.489 e. The zero-order chi connectivity index (χ0) is 19.1. The fraction of sp³-hybridized carbons (Fsp3) is 0.238. The van der Waals surface area contributed by atoms with Gasteiger partial charge in [-0.3, -0.25) is 0 Å². The van der Waals surface area contributed by atoms with Crippen LogP contribution in [0.15, 0.2) is 60.0 Å². The van der Waals surface area contributed by atoms with Crippen molar-refractivity contribution in [3.05, 3.63) is 81.8 Å². The molecule has 0 aliphatic rings. The van der Waals surface area contributed by atoms with Crippen LogP contribution in [0.25, 0.3) is 0 Å². The van der Waals surface area contributed by atoms with Crippen LogP contribution < -0.4 is 10.1 Å². The second kappa shape index (κ2) is 9.19. The number of hydrogen-bond donors (Lipinski definition) is 1. The summed E-state index contributed by atoms with van der Waals surface area (Å²) in [5.74, 6) is 0.843. The second-order valence-corrected chi connectivity index (χ2v) is 7.36. The van der Waals surface area contributed by atoms with E-state index in [1.165, 1.54) is 0 Å². The van der Waals surface area contributed by atoms with Crippen molar-refractivity contribution in [1.29, 1.82) is 0 Å². The first-order valence-electron chi connectivity index (χ1n) is 8.76. The zero-order valence-electron chi connectivity index (χ0n) is 15.5. The molecule has 1 aromatic heterocycles. The number of aromatic nitrogens is 1. The molecule has 2 amide bonds. The van der Waals surface area contributed by atoms with E-state index in [1.807, 2.05) is 66.9 Å². The zero-order valence-corrected chi connectivity index (χ0v) is 16.3. The second-order valence-electron chi connectivity index (χ2n) is 6.29. The minimum Gasteiger partial charge on any atom is -0.489 e. The van der Waals surface area contributed by atoms with Crippen molar-refractivity contribution in [2.24, 2.45) is 0 Å². The van der Waals surface area contributed by atoms with Gasteiger partial charge < -0.3 is 15.0 Å². The average molecular weight is 382 g/mol. The lowest BCUT2D eigenvalue weighted by Gasteiger charge is -2.17. The van der Waals surface area contributed by atoms with Crippen molar-refractivity contribution < 1.29 is 9.53 Å². The maximum atomic E-state index is 12.3. The number of amides is 2. The molecule has 5 nitrogen and oxygen atoms in total. The van der Waals surface area contributed by atoms with Crippen LogP contribution in [0.5, 0.6) is 5.75 Å². The number of carbonyl (C=O) groups excluding carboxylic acids is 1. The van der Waals surface area contributed by atoms with Crippen molar-refractivity contribution in [2.75, 3.05) is 7.05 Å². The number of nitrogens with zero attached hydrogens (tertiary/aromatic N) is 2. The molecule has 3 aromatic rings. The van der Waals surface area contributed by atoms with Crippen molar-refractivity contribution in [1.82, 2.24) is 15.2 Å². The number of ether oxygens (including phenoxy) is 1. The molecule has 0 atom stereocenters. The molecule has 0 spiro atoms. The SMILES string of the molecule is Cc1nc(CN(C)C(=O)NCc2cccc(COc3ccccc3)c2)cs1. The molecular formula is C21H23N3O2S. The fourth-order valence-electron chi connectivity index (χ4n) is 2.62. The van der Waals surface area contributed by atoms with Gasteiger partial charge in [-0.2, -0.15) is 0 Å². The number of thiazole rings is 1. The van der Waals surface area contributed by atoms with Crippen LogP contribution in [0.1, 0.15) is 21.8 Å². The number of benzene rings is 2. The van der Waals surface area contributed by atoms with Gasteiger partial charge in [0.2, 0.25) is 0 Å². The van der Waals surface area contributed by atoms with Gasteiger partial charge in [-0.05, 0) is 30.2 Å². The lowest BCUT2D eigenvalue weighted by Crippen LogP contribution is -2.36. The smallest absolute Gasteiger partial charge is 0.317 e. The van der Waals surface area contributed by atoms with E-state index < -0.39 is 0 Å². The van der Waals surface area contributed by atoms with Gasteiger partial charge in [-0.25, -0.2) is 9.78 Å². The van der Waals surface area contributed by atoms with E-state index >= 15 is 0 Å². The third-order valence-corrected chi connectivity index (χ3v) is 4.82. The highest BCUT2D eigenvalue weighted by Crippen LogP contribution is 2.13.